The molecular weight excluding hydrogens is 124 g/mol. The van der Waals surface area contributed by atoms with Gasteiger partial charge in [-0.3, -0.25) is 0 Å². The molecule has 2 aliphatic rings. The topological polar surface area (TPSA) is 24.1 Å². The van der Waals surface area contributed by atoms with E-state index in [9.17, 15) is 0 Å². The Bertz CT molecular complexity index is 213. The summed E-state index contributed by atoms with van der Waals surface area (Å²) >= 11 is 0. The predicted octanol–water partition coefficient (Wildman–Crippen LogP) is 1.09. The smallest absolute Gasteiger partial charge is 0.0492 e. The molecule has 1 aliphatic heterocycles. The molecule has 2 nitrogen and oxygen atoms in total. The highest BCUT2D eigenvalue weighted by molar-refractivity contribution is 5.34. The fourth-order valence-electron chi connectivity index (χ4n) is 1.46. The zero-order valence-corrected chi connectivity index (χ0v) is 6.20. The van der Waals surface area contributed by atoms with Crippen LogP contribution in [0.1, 0.15) is 19.8 Å². The molecule has 0 saturated carbocycles. The minimum absolute atomic E-state index is 1.03. The fraction of sp³-hybridized carbons (Fsp3) is 0.500. The third-order valence-corrected chi connectivity index (χ3v) is 2.12. The van der Waals surface area contributed by atoms with Gasteiger partial charge in [0.15, 0.2) is 0 Å². The second kappa shape index (κ2) is 2.13. The van der Waals surface area contributed by atoms with Crippen molar-refractivity contribution in [3.63, 3.8) is 0 Å². The van der Waals surface area contributed by atoms with E-state index in [0.717, 1.165) is 6.54 Å². The molecule has 2 N–H and O–H groups in total. The maximum Gasteiger partial charge on any atom is 0.0492 e. The molecule has 0 atom stereocenters. The van der Waals surface area contributed by atoms with Crippen LogP contribution in [0.5, 0.6) is 0 Å². The Labute approximate surface area is 61.0 Å². The number of allylic oxidation sites excluding steroid dienone is 2. The molecule has 1 heterocycles. The summed E-state index contributed by atoms with van der Waals surface area (Å²) in [7, 11) is 0. The van der Waals surface area contributed by atoms with Gasteiger partial charge in [-0.15, -0.1) is 0 Å². The van der Waals surface area contributed by atoms with Gasteiger partial charge in [0.1, 0.15) is 0 Å². The number of hydrogen-bond donors (Lipinski definition) is 2. The third-order valence-electron chi connectivity index (χ3n) is 2.12. The molecule has 0 fully saturated rings. The second-order valence-electron chi connectivity index (χ2n) is 2.99. The van der Waals surface area contributed by atoms with Crippen molar-refractivity contribution in [1.82, 2.24) is 10.9 Å². The van der Waals surface area contributed by atoms with Gasteiger partial charge in [-0.05, 0) is 31.4 Å². The van der Waals surface area contributed by atoms with Gasteiger partial charge in [-0.1, -0.05) is 5.57 Å². The monoisotopic (exact) mass is 136 g/mol. The Hall–Kier alpha value is -0.760. The van der Waals surface area contributed by atoms with Gasteiger partial charge in [0.2, 0.25) is 0 Å². The number of nitrogens with one attached hydrogen (secondary N) is 2. The molecule has 0 spiro atoms. The van der Waals surface area contributed by atoms with E-state index >= 15 is 0 Å². The zero-order chi connectivity index (χ0) is 6.97. The zero-order valence-electron chi connectivity index (χ0n) is 6.20. The van der Waals surface area contributed by atoms with E-state index in [0.29, 0.717) is 0 Å². The second-order valence-corrected chi connectivity index (χ2v) is 2.99. The summed E-state index contributed by atoms with van der Waals surface area (Å²) in [5.74, 6) is 0. The van der Waals surface area contributed by atoms with E-state index in [1.807, 2.05) is 0 Å². The molecule has 0 amide bonds. The summed E-state index contributed by atoms with van der Waals surface area (Å²) in [5.41, 5.74) is 10.6. The van der Waals surface area contributed by atoms with E-state index in [1.54, 1.807) is 0 Å². The Kier molecular flexibility index (Phi) is 1.27. The van der Waals surface area contributed by atoms with Crippen LogP contribution < -0.4 is 10.9 Å². The van der Waals surface area contributed by atoms with Crippen LogP contribution in [0.2, 0.25) is 0 Å². The molecule has 1 aliphatic carbocycles. The highest BCUT2D eigenvalue weighted by Gasteiger charge is 2.14. The Morgan fingerprint density at radius 1 is 1.40 bits per heavy atom. The number of rotatable bonds is 0. The summed E-state index contributed by atoms with van der Waals surface area (Å²) in [6, 6.07) is 0. The van der Waals surface area contributed by atoms with Crippen LogP contribution in [0.3, 0.4) is 0 Å². The minimum atomic E-state index is 1.03. The molecule has 10 heavy (non-hydrogen) atoms. The largest absolute Gasteiger partial charge is 0.321 e. The van der Waals surface area contributed by atoms with Crippen molar-refractivity contribution in [2.24, 2.45) is 0 Å². The molecule has 0 saturated heterocycles. The average Bonchev–Trinajstić information content (AvgIpc) is 2.33. The van der Waals surface area contributed by atoms with Crippen LogP contribution in [-0.4, -0.2) is 6.54 Å². The summed E-state index contributed by atoms with van der Waals surface area (Å²) in [5, 5.41) is 0. The van der Waals surface area contributed by atoms with Gasteiger partial charge in [-0.25, -0.2) is 5.43 Å². The van der Waals surface area contributed by atoms with Gasteiger partial charge in [0.05, 0.1) is 0 Å². The molecule has 0 unspecified atom stereocenters. The third kappa shape index (κ3) is 0.847. The lowest BCUT2D eigenvalue weighted by molar-refractivity contribution is 0.705. The molecular formula is C8H12N2. The highest BCUT2D eigenvalue weighted by Crippen LogP contribution is 2.23. The quantitative estimate of drug-likeness (QED) is 0.521. The normalized spacial score (nSPS) is 23.9. The van der Waals surface area contributed by atoms with Crippen molar-refractivity contribution in [1.29, 1.82) is 0 Å². The average molecular weight is 136 g/mol. The van der Waals surface area contributed by atoms with Crippen LogP contribution in [-0.2, 0) is 0 Å². The van der Waals surface area contributed by atoms with E-state index < -0.39 is 0 Å². The number of hydrogen-bond acceptors (Lipinski definition) is 2. The summed E-state index contributed by atoms with van der Waals surface area (Å²) in [4.78, 5) is 0. The summed E-state index contributed by atoms with van der Waals surface area (Å²) in [6.07, 6.45) is 4.71. The lowest BCUT2D eigenvalue weighted by atomic mass is 9.98. The van der Waals surface area contributed by atoms with Crippen molar-refractivity contribution >= 4 is 0 Å². The van der Waals surface area contributed by atoms with Crippen LogP contribution in [0.25, 0.3) is 0 Å². The van der Waals surface area contributed by atoms with Crippen LogP contribution >= 0.6 is 0 Å². The first-order valence-corrected chi connectivity index (χ1v) is 3.74. The Morgan fingerprint density at radius 3 is 3.20 bits per heavy atom. The first kappa shape index (κ1) is 5.98. The van der Waals surface area contributed by atoms with Crippen molar-refractivity contribution in [2.75, 3.05) is 6.54 Å². The van der Waals surface area contributed by atoms with Crippen molar-refractivity contribution in [2.45, 2.75) is 19.8 Å². The Balaban J connectivity index is 2.29. The molecule has 2 rings (SSSR count). The lowest BCUT2D eigenvalue weighted by Gasteiger charge is -2.09. The van der Waals surface area contributed by atoms with E-state index in [1.165, 1.54) is 29.7 Å². The van der Waals surface area contributed by atoms with Gasteiger partial charge in [0.25, 0.3) is 0 Å². The molecule has 0 aromatic rings. The van der Waals surface area contributed by atoms with E-state index in [4.69, 9.17) is 0 Å². The van der Waals surface area contributed by atoms with Crippen LogP contribution in [0.4, 0.5) is 0 Å². The molecule has 54 valence electrons. The SMILES string of the molecule is CC1=CC2=C(CC1)CNN2. The first-order valence-electron chi connectivity index (χ1n) is 3.74. The maximum absolute atomic E-state index is 3.14. The maximum atomic E-state index is 3.14. The lowest BCUT2D eigenvalue weighted by Crippen LogP contribution is -2.23. The summed E-state index contributed by atoms with van der Waals surface area (Å²) < 4.78 is 0. The molecule has 0 aromatic heterocycles. The van der Waals surface area contributed by atoms with Gasteiger partial charge in [0, 0.05) is 12.2 Å². The Morgan fingerprint density at radius 2 is 2.30 bits per heavy atom. The predicted molar refractivity (Wildman–Crippen MR) is 41.2 cm³/mol. The van der Waals surface area contributed by atoms with Crippen molar-refractivity contribution < 1.29 is 0 Å². The van der Waals surface area contributed by atoms with E-state index in [2.05, 4.69) is 23.9 Å². The molecule has 2 heteroatoms. The molecule has 0 bridgehead atoms. The number of hydrazine groups is 1. The fourth-order valence-corrected chi connectivity index (χ4v) is 1.46. The summed E-state index contributed by atoms with van der Waals surface area (Å²) in [6.45, 7) is 3.21. The van der Waals surface area contributed by atoms with E-state index in [-0.39, 0.29) is 0 Å². The van der Waals surface area contributed by atoms with Gasteiger partial charge >= 0.3 is 0 Å². The first-order chi connectivity index (χ1) is 4.86. The standard InChI is InChI=1S/C8H12N2/c1-6-2-3-7-5-9-10-8(7)4-6/h4,9-10H,2-3,5H2,1H3. The van der Waals surface area contributed by atoms with Crippen molar-refractivity contribution in [3.05, 3.63) is 22.9 Å². The van der Waals surface area contributed by atoms with Crippen LogP contribution in [0, 0.1) is 0 Å². The molecule has 0 aromatic carbocycles. The minimum Gasteiger partial charge on any atom is -0.321 e. The van der Waals surface area contributed by atoms with Gasteiger partial charge < -0.3 is 5.43 Å². The van der Waals surface area contributed by atoms with Crippen LogP contribution in [0.15, 0.2) is 22.9 Å². The van der Waals surface area contributed by atoms with Crippen molar-refractivity contribution in [3.8, 4) is 0 Å². The highest BCUT2D eigenvalue weighted by atomic mass is 15.4. The molecule has 0 radical (unpaired) electrons. The van der Waals surface area contributed by atoms with Gasteiger partial charge in [-0.2, -0.15) is 0 Å².